The van der Waals surface area contributed by atoms with E-state index in [4.69, 9.17) is 11.5 Å². The van der Waals surface area contributed by atoms with Gasteiger partial charge in [0.25, 0.3) is 0 Å². The van der Waals surface area contributed by atoms with Crippen LogP contribution < -0.4 is 16.4 Å². The molecule has 0 amide bonds. The molecule has 14 heavy (non-hydrogen) atoms. The molecule has 0 aliphatic carbocycles. The summed E-state index contributed by atoms with van der Waals surface area (Å²) in [5.41, 5.74) is 14.3. The fourth-order valence-electron chi connectivity index (χ4n) is 2.00. The van der Waals surface area contributed by atoms with E-state index in [-0.39, 0.29) is 0 Å². The predicted molar refractivity (Wildman–Crippen MR) is 61.3 cm³/mol. The highest BCUT2D eigenvalue weighted by molar-refractivity contribution is 5.71. The van der Waals surface area contributed by atoms with E-state index in [1.54, 1.807) is 0 Å². The van der Waals surface area contributed by atoms with Crippen molar-refractivity contribution in [2.75, 3.05) is 29.5 Å². The smallest absolute Gasteiger partial charge is 0.0601 e. The predicted octanol–water partition coefficient (Wildman–Crippen LogP) is 1.84. The molecule has 1 aromatic rings. The Morgan fingerprint density at radius 2 is 1.71 bits per heavy atom. The third-order valence-electron chi connectivity index (χ3n) is 2.75. The van der Waals surface area contributed by atoms with Gasteiger partial charge < -0.3 is 16.4 Å². The van der Waals surface area contributed by atoms with E-state index in [0.29, 0.717) is 0 Å². The summed E-state index contributed by atoms with van der Waals surface area (Å²) in [5, 5.41) is 0. The largest absolute Gasteiger partial charge is 0.399 e. The third kappa shape index (κ3) is 1.76. The summed E-state index contributed by atoms with van der Waals surface area (Å²) in [6.07, 6.45) is 3.87. The molecule has 3 nitrogen and oxygen atoms in total. The molecule has 0 aromatic heterocycles. The minimum Gasteiger partial charge on any atom is -0.399 e. The highest BCUT2D eigenvalue weighted by Crippen LogP contribution is 2.27. The molecule has 2 rings (SSSR count). The molecule has 0 saturated carbocycles. The molecule has 1 fully saturated rings. The second-order valence-electron chi connectivity index (χ2n) is 3.87. The number of anilines is 3. The molecule has 0 spiro atoms. The fourth-order valence-corrected chi connectivity index (χ4v) is 2.00. The number of nitrogens with zero attached hydrogens (tertiary/aromatic N) is 1. The highest BCUT2D eigenvalue weighted by Gasteiger charge is 2.12. The maximum Gasteiger partial charge on any atom is 0.0601 e. The van der Waals surface area contributed by atoms with Gasteiger partial charge in [0.2, 0.25) is 0 Å². The summed E-state index contributed by atoms with van der Waals surface area (Å²) >= 11 is 0. The van der Waals surface area contributed by atoms with Gasteiger partial charge in [-0.15, -0.1) is 0 Å². The Morgan fingerprint density at radius 1 is 1.00 bits per heavy atom. The van der Waals surface area contributed by atoms with Gasteiger partial charge in [-0.1, -0.05) is 0 Å². The van der Waals surface area contributed by atoms with Gasteiger partial charge in [0.15, 0.2) is 0 Å². The van der Waals surface area contributed by atoms with E-state index < -0.39 is 0 Å². The lowest BCUT2D eigenvalue weighted by Crippen LogP contribution is -2.29. The number of hydrogen-bond acceptors (Lipinski definition) is 3. The van der Waals surface area contributed by atoms with E-state index in [1.165, 1.54) is 19.3 Å². The Morgan fingerprint density at radius 3 is 2.36 bits per heavy atom. The molecule has 0 radical (unpaired) electrons. The first-order valence-corrected chi connectivity index (χ1v) is 5.17. The zero-order valence-corrected chi connectivity index (χ0v) is 8.37. The van der Waals surface area contributed by atoms with Gasteiger partial charge in [0.05, 0.1) is 11.4 Å². The van der Waals surface area contributed by atoms with Crippen LogP contribution in [0, 0.1) is 0 Å². The monoisotopic (exact) mass is 191 g/mol. The summed E-state index contributed by atoms with van der Waals surface area (Å²) < 4.78 is 0. The normalized spacial score (nSPS) is 17.0. The average Bonchev–Trinajstić information content (AvgIpc) is 2.19. The van der Waals surface area contributed by atoms with Crippen LogP contribution >= 0.6 is 0 Å². The number of nitrogens with two attached hydrogens (primary N) is 2. The topological polar surface area (TPSA) is 55.3 Å². The second kappa shape index (κ2) is 3.78. The maximum absolute atomic E-state index is 5.93. The number of hydrogen-bond donors (Lipinski definition) is 2. The minimum atomic E-state index is 0.739. The van der Waals surface area contributed by atoms with E-state index in [1.807, 2.05) is 18.2 Å². The molecule has 3 heteroatoms. The van der Waals surface area contributed by atoms with Gasteiger partial charge in [0.1, 0.15) is 0 Å². The van der Waals surface area contributed by atoms with Gasteiger partial charge in [0, 0.05) is 18.8 Å². The highest BCUT2D eigenvalue weighted by atomic mass is 15.1. The van der Waals surface area contributed by atoms with Crippen molar-refractivity contribution in [3.8, 4) is 0 Å². The summed E-state index contributed by atoms with van der Waals surface area (Å²) in [6.45, 7) is 2.24. The molecular formula is C11H17N3. The number of benzene rings is 1. The Bertz CT molecular complexity index is 316. The van der Waals surface area contributed by atoms with Crippen molar-refractivity contribution in [1.29, 1.82) is 0 Å². The van der Waals surface area contributed by atoms with Crippen molar-refractivity contribution in [3.63, 3.8) is 0 Å². The summed E-state index contributed by atoms with van der Waals surface area (Å²) in [6, 6.07) is 5.78. The molecule has 4 N–H and O–H groups in total. The van der Waals surface area contributed by atoms with Crippen molar-refractivity contribution in [1.82, 2.24) is 0 Å². The lowest BCUT2D eigenvalue weighted by atomic mass is 10.1. The van der Waals surface area contributed by atoms with Gasteiger partial charge in [-0.05, 0) is 37.5 Å². The molecule has 1 saturated heterocycles. The zero-order valence-electron chi connectivity index (χ0n) is 8.37. The Labute approximate surface area is 84.7 Å². The zero-order chi connectivity index (χ0) is 9.97. The first-order valence-electron chi connectivity index (χ1n) is 5.17. The molecule has 1 aromatic carbocycles. The quantitative estimate of drug-likeness (QED) is 0.666. The summed E-state index contributed by atoms with van der Waals surface area (Å²) in [5.74, 6) is 0. The van der Waals surface area contributed by atoms with Crippen LogP contribution in [0.2, 0.25) is 0 Å². The molecule has 1 aliphatic rings. The van der Waals surface area contributed by atoms with Gasteiger partial charge in [-0.3, -0.25) is 0 Å². The Kier molecular flexibility index (Phi) is 2.48. The molecule has 0 bridgehead atoms. The minimum absolute atomic E-state index is 0.739. The molecule has 0 unspecified atom stereocenters. The van der Waals surface area contributed by atoms with Crippen molar-refractivity contribution in [3.05, 3.63) is 18.2 Å². The number of nitrogen functional groups attached to an aromatic ring is 2. The van der Waals surface area contributed by atoms with Gasteiger partial charge in [-0.25, -0.2) is 0 Å². The Balaban J connectivity index is 2.22. The van der Waals surface area contributed by atoms with Crippen LogP contribution in [0.1, 0.15) is 19.3 Å². The van der Waals surface area contributed by atoms with Crippen LogP contribution in [0.3, 0.4) is 0 Å². The van der Waals surface area contributed by atoms with Crippen molar-refractivity contribution in [2.24, 2.45) is 0 Å². The maximum atomic E-state index is 5.93. The van der Waals surface area contributed by atoms with E-state index >= 15 is 0 Å². The SMILES string of the molecule is Nc1ccc(N2CCCCC2)c(N)c1. The third-order valence-corrected chi connectivity index (χ3v) is 2.75. The molecule has 0 atom stereocenters. The van der Waals surface area contributed by atoms with Gasteiger partial charge in [-0.2, -0.15) is 0 Å². The lowest BCUT2D eigenvalue weighted by Gasteiger charge is -2.29. The first kappa shape index (κ1) is 9.19. The van der Waals surface area contributed by atoms with Crippen molar-refractivity contribution < 1.29 is 0 Å². The number of piperidine rings is 1. The summed E-state index contributed by atoms with van der Waals surface area (Å²) in [4.78, 5) is 2.35. The van der Waals surface area contributed by atoms with Crippen LogP contribution in [0.4, 0.5) is 17.1 Å². The van der Waals surface area contributed by atoms with Crippen molar-refractivity contribution in [2.45, 2.75) is 19.3 Å². The van der Waals surface area contributed by atoms with E-state index in [2.05, 4.69) is 4.90 Å². The van der Waals surface area contributed by atoms with Crippen LogP contribution in [0.5, 0.6) is 0 Å². The molecule has 76 valence electrons. The number of rotatable bonds is 1. The van der Waals surface area contributed by atoms with E-state index in [9.17, 15) is 0 Å². The Hall–Kier alpha value is -1.38. The molecular weight excluding hydrogens is 174 g/mol. The van der Waals surface area contributed by atoms with Crippen LogP contribution in [-0.2, 0) is 0 Å². The van der Waals surface area contributed by atoms with E-state index in [0.717, 1.165) is 30.2 Å². The lowest BCUT2D eigenvalue weighted by molar-refractivity contribution is 0.578. The second-order valence-corrected chi connectivity index (χ2v) is 3.87. The summed E-state index contributed by atoms with van der Waals surface area (Å²) in [7, 11) is 0. The average molecular weight is 191 g/mol. The van der Waals surface area contributed by atoms with Crippen LogP contribution in [0.15, 0.2) is 18.2 Å². The van der Waals surface area contributed by atoms with Crippen molar-refractivity contribution >= 4 is 17.1 Å². The molecule has 1 aliphatic heterocycles. The molecule has 1 heterocycles. The van der Waals surface area contributed by atoms with Gasteiger partial charge >= 0.3 is 0 Å². The standard InChI is InChI=1S/C11H17N3/c12-9-4-5-11(10(13)8-9)14-6-2-1-3-7-14/h4-5,8H,1-3,6-7,12-13H2. The first-order chi connectivity index (χ1) is 6.77. The van der Waals surface area contributed by atoms with Crippen LogP contribution in [0.25, 0.3) is 0 Å². The van der Waals surface area contributed by atoms with Crippen LogP contribution in [-0.4, -0.2) is 13.1 Å². The fraction of sp³-hybridized carbons (Fsp3) is 0.455.